The number of carboxylic acid groups (broad SMARTS) is 2. The maximum Gasteiger partial charge on any atom is 0.326 e. The van der Waals surface area contributed by atoms with Gasteiger partial charge in [-0.3, -0.25) is 14.4 Å². The zero-order valence-electron chi connectivity index (χ0n) is 19.3. The van der Waals surface area contributed by atoms with Crippen LogP contribution in [-0.4, -0.2) is 57.8 Å². The number of amides is 2. The van der Waals surface area contributed by atoms with Crippen molar-refractivity contribution >= 4 is 35.5 Å². The van der Waals surface area contributed by atoms with Crippen molar-refractivity contribution < 1.29 is 29.4 Å². The highest BCUT2D eigenvalue weighted by Crippen LogP contribution is 2.27. The molecule has 34 heavy (non-hydrogen) atoms. The third-order valence-electron chi connectivity index (χ3n) is 5.94. The zero-order valence-corrected chi connectivity index (χ0v) is 20.1. The average molecular weight is 494 g/mol. The first-order chi connectivity index (χ1) is 16.3. The predicted molar refractivity (Wildman–Crippen MR) is 130 cm³/mol. The number of hydrogen-bond donors (Lipinski definition) is 5. The van der Waals surface area contributed by atoms with Crippen LogP contribution in [0.5, 0.6) is 0 Å². The lowest BCUT2D eigenvalue weighted by Gasteiger charge is -2.27. The van der Waals surface area contributed by atoms with Gasteiger partial charge >= 0.3 is 11.9 Å². The van der Waals surface area contributed by atoms with Gasteiger partial charge in [0.1, 0.15) is 12.1 Å². The Morgan fingerprint density at radius 1 is 0.971 bits per heavy atom. The maximum absolute atomic E-state index is 13.0. The second-order valence-electron chi connectivity index (χ2n) is 8.74. The predicted octanol–water partition coefficient (Wildman–Crippen LogP) is 2.14. The molecule has 1 fully saturated rings. The van der Waals surface area contributed by atoms with E-state index in [1.165, 1.54) is 11.8 Å². The number of carbonyl (C=O) groups is 4. The molecule has 1 aromatic carbocycles. The van der Waals surface area contributed by atoms with Crippen LogP contribution < -0.4 is 16.4 Å². The monoisotopic (exact) mass is 493 g/mol. The van der Waals surface area contributed by atoms with Crippen LogP contribution in [0.3, 0.4) is 0 Å². The molecule has 2 rings (SSSR count). The van der Waals surface area contributed by atoms with Crippen molar-refractivity contribution in [3.05, 3.63) is 35.9 Å². The summed E-state index contributed by atoms with van der Waals surface area (Å²) < 4.78 is 0. The first-order valence-electron chi connectivity index (χ1n) is 11.7. The van der Waals surface area contributed by atoms with E-state index in [0.29, 0.717) is 12.2 Å². The smallest absolute Gasteiger partial charge is 0.326 e. The van der Waals surface area contributed by atoms with Crippen molar-refractivity contribution in [3.8, 4) is 0 Å². The summed E-state index contributed by atoms with van der Waals surface area (Å²) in [5.41, 5.74) is 6.85. The number of carbonyl (C=O) groups excluding carboxylic acids is 2. The average Bonchev–Trinajstić information content (AvgIpc) is 2.82. The van der Waals surface area contributed by atoms with E-state index in [-0.39, 0.29) is 24.5 Å². The van der Waals surface area contributed by atoms with Crippen molar-refractivity contribution in [2.45, 2.75) is 75.2 Å². The summed E-state index contributed by atoms with van der Waals surface area (Å²) in [5, 5.41) is 23.7. The molecule has 0 radical (unpaired) electrons. The lowest BCUT2D eigenvalue weighted by Crippen LogP contribution is -2.55. The SMILES string of the molecule is N[C@@H](CCC(=O)O)C(=O)N[C@@H](CSCc1ccccc1)C(=O)N[C@@H](CC1CCCCC1)C(=O)O. The number of benzene rings is 1. The van der Waals surface area contributed by atoms with Crippen LogP contribution >= 0.6 is 11.8 Å². The Bertz CT molecular complexity index is 816. The molecule has 0 bridgehead atoms. The summed E-state index contributed by atoms with van der Waals surface area (Å²) in [7, 11) is 0. The molecule has 188 valence electrons. The number of aliphatic carboxylic acids is 2. The van der Waals surface area contributed by atoms with E-state index < -0.39 is 41.9 Å². The molecular formula is C24H35N3O6S. The van der Waals surface area contributed by atoms with Gasteiger partial charge in [-0.1, -0.05) is 62.4 Å². The Kier molecular flexibility index (Phi) is 11.9. The Morgan fingerprint density at radius 3 is 2.24 bits per heavy atom. The van der Waals surface area contributed by atoms with Gasteiger partial charge < -0.3 is 26.6 Å². The van der Waals surface area contributed by atoms with Crippen LogP contribution in [0.4, 0.5) is 0 Å². The topological polar surface area (TPSA) is 159 Å². The van der Waals surface area contributed by atoms with E-state index in [9.17, 15) is 24.3 Å². The van der Waals surface area contributed by atoms with Gasteiger partial charge in [0.25, 0.3) is 0 Å². The standard InChI is InChI=1S/C24H35N3O6S/c25-18(11-12-21(28)29)22(30)27-20(15-34-14-17-9-5-2-6-10-17)23(31)26-19(24(32)33)13-16-7-3-1-4-8-16/h2,5-6,9-10,16,18-20H,1,3-4,7-8,11-15,25H2,(H,26,31)(H,27,30)(H,28,29)(H,32,33)/t18-,19-,20-/m0/s1. The van der Waals surface area contributed by atoms with Crippen molar-refractivity contribution in [1.82, 2.24) is 10.6 Å². The number of nitrogens with one attached hydrogen (secondary N) is 2. The molecule has 9 nitrogen and oxygen atoms in total. The largest absolute Gasteiger partial charge is 0.481 e. The number of rotatable bonds is 14. The highest BCUT2D eigenvalue weighted by Gasteiger charge is 2.30. The second kappa shape index (κ2) is 14.6. The van der Waals surface area contributed by atoms with Crippen LogP contribution in [-0.2, 0) is 24.9 Å². The highest BCUT2D eigenvalue weighted by atomic mass is 32.2. The molecule has 0 saturated heterocycles. The summed E-state index contributed by atoms with van der Waals surface area (Å²) in [5.74, 6) is -2.31. The minimum Gasteiger partial charge on any atom is -0.481 e. The van der Waals surface area contributed by atoms with Gasteiger partial charge in [-0.15, -0.1) is 0 Å². The number of nitrogens with two attached hydrogens (primary N) is 1. The Hall–Kier alpha value is -2.59. The summed E-state index contributed by atoms with van der Waals surface area (Å²) in [6.07, 6.45) is 5.20. The van der Waals surface area contributed by atoms with Crippen LogP contribution in [0.15, 0.2) is 30.3 Å². The lowest BCUT2D eigenvalue weighted by molar-refractivity contribution is -0.142. The first kappa shape index (κ1) is 27.7. The molecule has 1 saturated carbocycles. The normalized spacial score (nSPS) is 16.7. The van der Waals surface area contributed by atoms with Crippen molar-refractivity contribution in [2.75, 3.05) is 5.75 Å². The van der Waals surface area contributed by atoms with E-state index in [4.69, 9.17) is 10.8 Å². The van der Waals surface area contributed by atoms with Gasteiger partial charge in [-0.05, 0) is 24.3 Å². The van der Waals surface area contributed by atoms with Crippen LogP contribution in [0, 0.1) is 5.92 Å². The number of thioether (sulfide) groups is 1. The van der Waals surface area contributed by atoms with Crippen molar-refractivity contribution in [2.24, 2.45) is 11.7 Å². The molecule has 1 aliphatic rings. The summed E-state index contributed by atoms with van der Waals surface area (Å²) in [4.78, 5) is 48.1. The van der Waals surface area contributed by atoms with E-state index in [1.807, 2.05) is 30.3 Å². The van der Waals surface area contributed by atoms with Gasteiger partial charge in [0.05, 0.1) is 6.04 Å². The van der Waals surface area contributed by atoms with Gasteiger partial charge in [0.15, 0.2) is 0 Å². The Balaban J connectivity index is 2.01. The fraction of sp³-hybridized carbons (Fsp3) is 0.583. The van der Waals surface area contributed by atoms with Crippen LogP contribution in [0.2, 0.25) is 0 Å². The molecule has 0 heterocycles. The molecule has 0 aliphatic heterocycles. The Morgan fingerprint density at radius 2 is 1.62 bits per heavy atom. The van der Waals surface area contributed by atoms with E-state index in [0.717, 1.165) is 37.7 Å². The summed E-state index contributed by atoms with van der Waals surface area (Å²) >= 11 is 1.43. The molecule has 10 heteroatoms. The molecule has 0 spiro atoms. The van der Waals surface area contributed by atoms with Gasteiger partial charge in [-0.25, -0.2) is 4.79 Å². The third kappa shape index (κ3) is 10.1. The lowest BCUT2D eigenvalue weighted by atomic mass is 9.85. The van der Waals surface area contributed by atoms with Gasteiger partial charge in [0, 0.05) is 17.9 Å². The van der Waals surface area contributed by atoms with Crippen molar-refractivity contribution in [1.29, 1.82) is 0 Å². The zero-order chi connectivity index (χ0) is 24.9. The van der Waals surface area contributed by atoms with Gasteiger partial charge in [0.2, 0.25) is 11.8 Å². The molecule has 6 N–H and O–H groups in total. The summed E-state index contributed by atoms with van der Waals surface area (Å²) in [6, 6.07) is 6.52. The highest BCUT2D eigenvalue weighted by molar-refractivity contribution is 7.98. The van der Waals surface area contributed by atoms with Crippen LogP contribution in [0.25, 0.3) is 0 Å². The first-order valence-corrected chi connectivity index (χ1v) is 12.8. The number of carboxylic acids is 2. The molecule has 2 amide bonds. The van der Waals surface area contributed by atoms with E-state index in [2.05, 4.69) is 10.6 Å². The molecule has 0 aromatic heterocycles. The summed E-state index contributed by atoms with van der Waals surface area (Å²) in [6.45, 7) is 0. The maximum atomic E-state index is 13.0. The molecule has 0 unspecified atom stereocenters. The quantitative estimate of drug-likeness (QED) is 0.264. The van der Waals surface area contributed by atoms with E-state index >= 15 is 0 Å². The number of hydrogen-bond acceptors (Lipinski definition) is 6. The molecular weight excluding hydrogens is 458 g/mol. The van der Waals surface area contributed by atoms with E-state index in [1.54, 1.807) is 0 Å². The molecule has 3 atom stereocenters. The molecule has 1 aliphatic carbocycles. The Labute approximate surface area is 204 Å². The fourth-order valence-corrected chi connectivity index (χ4v) is 5.01. The van der Waals surface area contributed by atoms with Gasteiger partial charge in [-0.2, -0.15) is 11.8 Å². The third-order valence-corrected chi connectivity index (χ3v) is 7.05. The minimum atomic E-state index is -1.10. The van der Waals surface area contributed by atoms with Crippen LogP contribution in [0.1, 0.15) is 56.9 Å². The molecule has 1 aromatic rings. The second-order valence-corrected chi connectivity index (χ2v) is 9.77. The van der Waals surface area contributed by atoms with Crippen molar-refractivity contribution in [3.63, 3.8) is 0 Å². The fourth-order valence-electron chi connectivity index (χ4n) is 3.99. The minimum absolute atomic E-state index is 0.0634.